The number of rotatable bonds is 10. The van der Waals surface area contributed by atoms with Crippen molar-refractivity contribution in [2.75, 3.05) is 25.1 Å². The lowest BCUT2D eigenvalue weighted by molar-refractivity contribution is -0.0195. The number of nitrogens with one attached hydrogen (secondary N) is 1. The minimum atomic E-state index is -0.179. The normalized spacial score (nSPS) is 17.1. The van der Waals surface area contributed by atoms with Crippen LogP contribution in [0.1, 0.15) is 24.6 Å². The summed E-state index contributed by atoms with van der Waals surface area (Å²) in [5.41, 5.74) is 15.9. The van der Waals surface area contributed by atoms with Crippen molar-refractivity contribution >= 4 is 22.9 Å². The highest BCUT2D eigenvalue weighted by atomic mass is 16.5. The van der Waals surface area contributed by atoms with E-state index in [1.54, 1.807) is 0 Å². The third kappa shape index (κ3) is 5.68. The highest BCUT2D eigenvalue weighted by Gasteiger charge is 2.29. The summed E-state index contributed by atoms with van der Waals surface area (Å²) in [7, 11) is 0. The smallest absolute Gasteiger partial charge is 0.206 e. The standard InChI is InChI=1S/C28H32N6O3/c29-27(30)31-14-15-36-25-16-19(10-12-22(25)20-6-2-1-3-7-20)17-32-28-33-23-8-4-5-9-24(23)34(28)26-13-11-21(18-35)37-26/h1-10,12,16,21,26,35H,11,13-15,17-18H2,(H,32,33)(H4,29,30,31)/t21-,26+/m0/s1. The van der Waals surface area contributed by atoms with E-state index in [1.807, 2.05) is 48.5 Å². The van der Waals surface area contributed by atoms with Gasteiger partial charge in [-0.25, -0.2) is 4.98 Å². The van der Waals surface area contributed by atoms with Gasteiger partial charge in [-0.1, -0.05) is 54.6 Å². The number of aliphatic hydroxyl groups excluding tert-OH is 1. The van der Waals surface area contributed by atoms with Crippen molar-refractivity contribution in [3.8, 4) is 16.9 Å². The van der Waals surface area contributed by atoms with E-state index < -0.39 is 0 Å². The largest absolute Gasteiger partial charge is 0.491 e. The predicted octanol–water partition coefficient (Wildman–Crippen LogP) is 3.64. The molecule has 0 amide bonds. The molecule has 1 aromatic heterocycles. The Labute approximate surface area is 215 Å². The lowest BCUT2D eigenvalue weighted by atomic mass is 10.0. The van der Waals surface area contributed by atoms with Crippen LogP contribution >= 0.6 is 0 Å². The monoisotopic (exact) mass is 500 g/mol. The molecule has 6 N–H and O–H groups in total. The number of benzene rings is 3. The maximum Gasteiger partial charge on any atom is 0.206 e. The molecule has 0 bridgehead atoms. The van der Waals surface area contributed by atoms with Crippen LogP contribution in [-0.4, -0.2) is 46.5 Å². The molecule has 1 aliphatic heterocycles. The van der Waals surface area contributed by atoms with Crippen LogP contribution in [0.4, 0.5) is 5.95 Å². The third-order valence-electron chi connectivity index (χ3n) is 6.40. The molecule has 5 rings (SSSR count). The quantitative estimate of drug-likeness (QED) is 0.148. The molecular formula is C28H32N6O3. The Kier molecular flexibility index (Phi) is 7.53. The van der Waals surface area contributed by atoms with Gasteiger partial charge in [-0.3, -0.25) is 9.56 Å². The van der Waals surface area contributed by atoms with Gasteiger partial charge in [-0.15, -0.1) is 0 Å². The fourth-order valence-corrected chi connectivity index (χ4v) is 4.64. The predicted molar refractivity (Wildman–Crippen MR) is 145 cm³/mol. The Balaban J connectivity index is 1.39. The topological polar surface area (TPSA) is 133 Å². The summed E-state index contributed by atoms with van der Waals surface area (Å²) in [6.07, 6.45) is 1.30. The molecule has 0 aliphatic carbocycles. The number of ether oxygens (including phenoxy) is 2. The Bertz CT molecular complexity index is 1370. The fourth-order valence-electron chi connectivity index (χ4n) is 4.64. The van der Waals surface area contributed by atoms with Crippen molar-refractivity contribution in [2.24, 2.45) is 16.5 Å². The lowest BCUT2D eigenvalue weighted by Gasteiger charge is -2.18. The van der Waals surface area contributed by atoms with E-state index >= 15 is 0 Å². The van der Waals surface area contributed by atoms with E-state index in [9.17, 15) is 5.11 Å². The summed E-state index contributed by atoms with van der Waals surface area (Å²) >= 11 is 0. The number of aliphatic hydroxyl groups is 1. The van der Waals surface area contributed by atoms with Crippen LogP contribution in [0, 0.1) is 0 Å². The second-order valence-corrected chi connectivity index (χ2v) is 8.97. The number of para-hydroxylation sites is 2. The summed E-state index contributed by atoms with van der Waals surface area (Å²) in [6, 6.07) is 24.3. The van der Waals surface area contributed by atoms with E-state index in [0.717, 1.165) is 52.3 Å². The van der Waals surface area contributed by atoms with Crippen molar-refractivity contribution in [3.05, 3.63) is 78.4 Å². The molecule has 2 atom stereocenters. The van der Waals surface area contributed by atoms with Crippen molar-refractivity contribution in [2.45, 2.75) is 31.7 Å². The molecule has 0 radical (unpaired) electrons. The number of nitrogens with two attached hydrogens (primary N) is 2. The van der Waals surface area contributed by atoms with Gasteiger partial charge in [-0.2, -0.15) is 0 Å². The van der Waals surface area contributed by atoms with Gasteiger partial charge in [0.25, 0.3) is 0 Å². The van der Waals surface area contributed by atoms with Gasteiger partial charge < -0.3 is 31.4 Å². The minimum Gasteiger partial charge on any atom is -0.491 e. The van der Waals surface area contributed by atoms with Crippen LogP contribution in [0.5, 0.6) is 5.75 Å². The summed E-state index contributed by atoms with van der Waals surface area (Å²) in [5.74, 6) is 1.53. The molecule has 37 heavy (non-hydrogen) atoms. The number of anilines is 1. The molecule has 9 nitrogen and oxygen atoms in total. The van der Waals surface area contributed by atoms with Crippen molar-refractivity contribution < 1.29 is 14.6 Å². The fraction of sp³-hybridized carbons (Fsp3) is 0.286. The third-order valence-corrected chi connectivity index (χ3v) is 6.40. The first-order valence-electron chi connectivity index (χ1n) is 12.5. The van der Waals surface area contributed by atoms with Gasteiger partial charge in [0.1, 0.15) is 18.6 Å². The van der Waals surface area contributed by atoms with Gasteiger partial charge >= 0.3 is 0 Å². The van der Waals surface area contributed by atoms with Crippen LogP contribution in [0.3, 0.4) is 0 Å². The number of nitrogens with zero attached hydrogens (tertiary/aromatic N) is 3. The van der Waals surface area contributed by atoms with Crippen LogP contribution in [0.15, 0.2) is 77.8 Å². The van der Waals surface area contributed by atoms with Gasteiger partial charge in [0, 0.05) is 12.1 Å². The second-order valence-electron chi connectivity index (χ2n) is 8.97. The number of aliphatic imine (C=N–C) groups is 1. The van der Waals surface area contributed by atoms with E-state index in [-0.39, 0.29) is 24.9 Å². The first kappa shape index (κ1) is 24.6. The van der Waals surface area contributed by atoms with Crippen LogP contribution in [0.2, 0.25) is 0 Å². The summed E-state index contributed by atoms with van der Waals surface area (Å²) in [5, 5.41) is 13.1. The molecule has 1 saturated heterocycles. The first-order chi connectivity index (χ1) is 18.1. The van der Waals surface area contributed by atoms with Crippen molar-refractivity contribution in [1.82, 2.24) is 9.55 Å². The zero-order valence-corrected chi connectivity index (χ0v) is 20.6. The lowest BCUT2D eigenvalue weighted by Crippen LogP contribution is -2.23. The molecule has 1 aliphatic rings. The minimum absolute atomic E-state index is 0.0195. The zero-order chi connectivity index (χ0) is 25.6. The molecular weight excluding hydrogens is 468 g/mol. The van der Waals surface area contributed by atoms with Gasteiger partial charge in [0.05, 0.1) is 30.3 Å². The first-order valence-corrected chi connectivity index (χ1v) is 12.5. The highest BCUT2D eigenvalue weighted by Crippen LogP contribution is 2.35. The van der Waals surface area contributed by atoms with Gasteiger partial charge in [-0.05, 0) is 42.2 Å². The zero-order valence-electron chi connectivity index (χ0n) is 20.6. The number of aromatic nitrogens is 2. The summed E-state index contributed by atoms with van der Waals surface area (Å²) in [6.45, 7) is 1.29. The van der Waals surface area contributed by atoms with Crippen LogP contribution in [-0.2, 0) is 11.3 Å². The molecule has 192 valence electrons. The number of imidazole rings is 1. The molecule has 0 saturated carbocycles. The maximum absolute atomic E-state index is 9.55. The molecule has 1 fully saturated rings. The molecule has 3 aromatic carbocycles. The second kappa shape index (κ2) is 11.3. The van der Waals surface area contributed by atoms with E-state index in [1.165, 1.54) is 0 Å². The van der Waals surface area contributed by atoms with Crippen molar-refractivity contribution in [1.29, 1.82) is 0 Å². The average molecular weight is 501 g/mol. The Morgan fingerprint density at radius 3 is 2.68 bits per heavy atom. The number of hydrogen-bond donors (Lipinski definition) is 4. The Morgan fingerprint density at radius 1 is 1.08 bits per heavy atom. The molecule has 9 heteroatoms. The molecule has 2 heterocycles. The van der Waals surface area contributed by atoms with E-state index in [2.05, 4.69) is 39.1 Å². The number of hydrogen-bond acceptors (Lipinski definition) is 6. The summed E-state index contributed by atoms with van der Waals surface area (Å²) < 4.78 is 14.3. The van der Waals surface area contributed by atoms with Gasteiger partial charge in [0.15, 0.2) is 5.96 Å². The van der Waals surface area contributed by atoms with Crippen LogP contribution in [0.25, 0.3) is 22.2 Å². The van der Waals surface area contributed by atoms with E-state index in [0.29, 0.717) is 19.7 Å². The Hall–Kier alpha value is -4.08. The van der Waals surface area contributed by atoms with E-state index in [4.69, 9.17) is 25.9 Å². The summed E-state index contributed by atoms with van der Waals surface area (Å²) in [4.78, 5) is 8.84. The Morgan fingerprint density at radius 2 is 1.89 bits per heavy atom. The number of guanidine groups is 1. The van der Waals surface area contributed by atoms with Gasteiger partial charge in [0.2, 0.25) is 5.95 Å². The molecule has 4 aromatic rings. The van der Waals surface area contributed by atoms with Crippen molar-refractivity contribution in [3.63, 3.8) is 0 Å². The number of fused-ring (bicyclic) bond motifs is 1. The SMILES string of the molecule is NC(N)=NCCOc1cc(CNc2nc3ccccc3n2[C@H]2CC[C@@H](CO)O2)ccc1-c1ccccc1. The average Bonchev–Trinajstić information content (AvgIpc) is 3.54. The molecule has 0 spiro atoms. The maximum atomic E-state index is 9.55. The molecule has 0 unspecified atom stereocenters. The van der Waals surface area contributed by atoms with Crippen LogP contribution < -0.4 is 21.5 Å². The highest BCUT2D eigenvalue weighted by molar-refractivity contribution is 5.79.